The lowest BCUT2D eigenvalue weighted by molar-refractivity contribution is 0.0624. The fourth-order valence-corrected chi connectivity index (χ4v) is 3.05. The van der Waals surface area contributed by atoms with Crippen LogP contribution in [0.25, 0.3) is 0 Å². The molecular formula is C12H18N2OS. The molecule has 2 rings (SSSR count). The minimum absolute atomic E-state index is 0.0694. The Balaban J connectivity index is 2.06. The van der Waals surface area contributed by atoms with Crippen molar-refractivity contribution in [2.24, 2.45) is 5.92 Å². The van der Waals surface area contributed by atoms with Crippen molar-refractivity contribution in [1.82, 2.24) is 9.88 Å². The van der Waals surface area contributed by atoms with Crippen LogP contribution >= 0.6 is 11.3 Å². The van der Waals surface area contributed by atoms with Crippen molar-refractivity contribution in [2.45, 2.75) is 38.6 Å². The highest BCUT2D eigenvalue weighted by Gasteiger charge is 2.28. The number of hydrogen-bond donors (Lipinski definition) is 0. The number of thiazole rings is 1. The van der Waals surface area contributed by atoms with Crippen LogP contribution in [-0.2, 0) is 0 Å². The number of aromatic nitrogens is 1. The third-order valence-electron chi connectivity index (χ3n) is 3.54. The summed E-state index contributed by atoms with van der Waals surface area (Å²) in [5, 5.41) is 1.83. The maximum absolute atomic E-state index is 12.1. The van der Waals surface area contributed by atoms with Gasteiger partial charge in [0, 0.05) is 18.5 Å². The molecule has 0 aromatic carbocycles. The lowest BCUT2D eigenvalue weighted by Gasteiger charge is -2.35. The molecule has 0 radical (unpaired) electrons. The average Bonchev–Trinajstić information content (AvgIpc) is 2.81. The SMILES string of the molecule is CC1CCCCC1N(C)C(=O)c1cscn1. The zero-order valence-electron chi connectivity index (χ0n) is 9.85. The molecule has 88 valence electrons. The van der Waals surface area contributed by atoms with Crippen LogP contribution < -0.4 is 0 Å². The number of nitrogens with zero attached hydrogens (tertiary/aromatic N) is 2. The molecule has 2 atom stereocenters. The van der Waals surface area contributed by atoms with Gasteiger partial charge in [-0.25, -0.2) is 4.98 Å². The first-order valence-corrected chi connectivity index (χ1v) is 6.80. The molecule has 1 heterocycles. The molecule has 0 saturated heterocycles. The highest BCUT2D eigenvalue weighted by molar-refractivity contribution is 7.07. The van der Waals surface area contributed by atoms with E-state index >= 15 is 0 Å². The number of carbonyl (C=O) groups is 1. The topological polar surface area (TPSA) is 33.2 Å². The van der Waals surface area contributed by atoms with Crippen LogP contribution in [0.3, 0.4) is 0 Å². The van der Waals surface area contributed by atoms with E-state index in [2.05, 4.69) is 11.9 Å². The fourth-order valence-electron chi connectivity index (χ4n) is 2.52. The number of carbonyl (C=O) groups excluding carboxylic acids is 1. The van der Waals surface area contributed by atoms with E-state index in [0.29, 0.717) is 17.7 Å². The number of amides is 1. The third kappa shape index (κ3) is 2.26. The standard InChI is InChI=1S/C12H18N2OS/c1-9-5-3-4-6-11(9)14(2)12(15)10-7-16-8-13-10/h7-9,11H,3-6H2,1-2H3. The van der Waals surface area contributed by atoms with E-state index < -0.39 is 0 Å². The van der Waals surface area contributed by atoms with Crippen molar-refractivity contribution in [2.75, 3.05) is 7.05 Å². The molecule has 1 amide bonds. The summed E-state index contributed by atoms with van der Waals surface area (Å²) >= 11 is 1.47. The maximum atomic E-state index is 12.1. The van der Waals surface area contributed by atoms with Gasteiger partial charge < -0.3 is 4.90 Å². The van der Waals surface area contributed by atoms with Crippen LogP contribution in [0, 0.1) is 5.92 Å². The quantitative estimate of drug-likeness (QED) is 0.793. The predicted octanol–water partition coefficient (Wildman–Crippen LogP) is 2.79. The molecule has 4 heteroatoms. The van der Waals surface area contributed by atoms with Gasteiger partial charge in [0.25, 0.3) is 5.91 Å². The third-order valence-corrected chi connectivity index (χ3v) is 4.12. The van der Waals surface area contributed by atoms with Crippen LogP contribution in [-0.4, -0.2) is 28.9 Å². The van der Waals surface area contributed by atoms with Crippen molar-refractivity contribution < 1.29 is 4.79 Å². The molecule has 1 aromatic heterocycles. The average molecular weight is 238 g/mol. The lowest BCUT2D eigenvalue weighted by Crippen LogP contribution is -2.42. The van der Waals surface area contributed by atoms with Crippen molar-refractivity contribution in [3.8, 4) is 0 Å². The van der Waals surface area contributed by atoms with E-state index in [9.17, 15) is 4.79 Å². The summed E-state index contributed by atoms with van der Waals surface area (Å²) in [6.07, 6.45) is 4.91. The molecule has 0 bridgehead atoms. The first-order valence-electron chi connectivity index (χ1n) is 5.85. The van der Waals surface area contributed by atoms with Gasteiger partial charge in [0.1, 0.15) is 5.69 Å². The molecule has 1 fully saturated rings. The molecule has 0 aliphatic heterocycles. The molecule has 1 aliphatic rings. The second-order valence-corrected chi connectivity index (χ2v) is 5.34. The van der Waals surface area contributed by atoms with Gasteiger partial charge in [0.05, 0.1) is 5.51 Å². The van der Waals surface area contributed by atoms with Gasteiger partial charge in [-0.1, -0.05) is 19.8 Å². The minimum atomic E-state index is 0.0694. The Morgan fingerprint density at radius 2 is 2.25 bits per heavy atom. The molecular weight excluding hydrogens is 220 g/mol. The second kappa shape index (κ2) is 4.95. The summed E-state index contributed by atoms with van der Waals surface area (Å²) in [5.74, 6) is 0.682. The number of hydrogen-bond acceptors (Lipinski definition) is 3. The summed E-state index contributed by atoms with van der Waals surface area (Å²) in [5.41, 5.74) is 2.30. The Labute approximate surface area is 100 Å². The summed E-state index contributed by atoms with van der Waals surface area (Å²) in [7, 11) is 1.91. The molecule has 1 saturated carbocycles. The Morgan fingerprint density at radius 3 is 2.88 bits per heavy atom. The van der Waals surface area contributed by atoms with Crippen LogP contribution in [0.5, 0.6) is 0 Å². The van der Waals surface area contributed by atoms with Crippen molar-refractivity contribution >= 4 is 17.2 Å². The zero-order valence-corrected chi connectivity index (χ0v) is 10.7. The summed E-state index contributed by atoms with van der Waals surface area (Å²) in [4.78, 5) is 18.1. The van der Waals surface area contributed by atoms with E-state index in [1.165, 1.54) is 30.6 Å². The predicted molar refractivity (Wildman–Crippen MR) is 65.6 cm³/mol. The van der Waals surface area contributed by atoms with E-state index in [1.807, 2.05) is 17.3 Å². The summed E-state index contributed by atoms with van der Waals surface area (Å²) in [6.45, 7) is 2.24. The molecule has 3 nitrogen and oxygen atoms in total. The largest absolute Gasteiger partial charge is 0.337 e. The van der Waals surface area contributed by atoms with Crippen molar-refractivity contribution in [1.29, 1.82) is 0 Å². The van der Waals surface area contributed by atoms with Gasteiger partial charge in [0.2, 0.25) is 0 Å². The van der Waals surface area contributed by atoms with E-state index in [1.54, 1.807) is 5.51 Å². The monoisotopic (exact) mass is 238 g/mol. The smallest absolute Gasteiger partial charge is 0.273 e. The second-order valence-electron chi connectivity index (χ2n) is 4.62. The Hall–Kier alpha value is -0.900. The van der Waals surface area contributed by atoms with Gasteiger partial charge in [0.15, 0.2) is 0 Å². The Morgan fingerprint density at radius 1 is 1.50 bits per heavy atom. The van der Waals surface area contributed by atoms with Gasteiger partial charge in [-0.05, 0) is 18.8 Å². The van der Waals surface area contributed by atoms with E-state index in [0.717, 1.165) is 6.42 Å². The molecule has 0 N–H and O–H groups in total. The molecule has 0 spiro atoms. The van der Waals surface area contributed by atoms with Crippen molar-refractivity contribution in [3.05, 3.63) is 16.6 Å². The maximum Gasteiger partial charge on any atom is 0.273 e. The normalized spacial score (nSPS) is 25.4. The minimum Gasteiger partial charge on any atom is -0.337 e. The fraction of sp³-hybridized carbons (Fsp3) is 0.667. The first kappa shape index (κ1) is 11.6. The van der Waals surface area contributed by atoms with Crippen LogP contribution in [0.2, 0.25) is 0 Å². The van der Waals surface area contributed by atoms with E-state index in [-0.39, 0.29) is 5.91 Å². The van der Waals surface area contributed by atoms with Gasteiger partial charge >= 0.3 is 0 Å². The van der Waals surface area contributed by atoms with Crippen LogP contribution in [0.15, 0.2) is 10.9 Å². The van der Waals surface area contributed by atoms with Gasteiger partial charge in [-0.3, -0.25) is 4.79 Å². The van der Waals surface area contributed by atoms with Gasteiger partial charge in [-0.15, -0.1) is 11.3 Å². The molecule has 2 unspecified atom stereocenters. The Bertz CT molecular complexity index is 350. The lowest BCUT2D eigenvalue weighted by atomic mass is 9.85. The van der Waals surface area contributed by atoms with Crippen LogP contribution in [0.4, 0.5) is 0 Å². The summed E-state index contributed by atoms with van der Waals surface area (Å²) < 4.78 is 0. The first-order chi connectivity index (χ1) is 7.70. The van der Waals surface area contributed by atoms with E-state index in [4.69, 9.17) is 0 Å². The van der Waals surface area contributed by atoms with Gasteiger partial charge in [-0.2, -0.15) is 0 Å². The molecule has 1 aliphatic carbocycles. The Kier molecular flexibility index (Phi) is 3.59. The zero-order chi connectivity index (χ0) is 11.5. The van der Waals surface area contributed by atoms with Crippen molar-refractivity contribution in [3.63, 3.8) is 0 Å². The highest BCUT2D eigenvalue weighted by Crippen LogP contribution is 2.28. The molecule has 16 heavy (non-hydrogen) atoms. The number of rotatable bonds is 2. The highest BCUT2D eigenvalue weighted by atomic mass is 32.1. The summed E-state index contributed by atoms with van der Waals surface area (Å²) in [6, 6.07) is 0.392. The molecule has 1 aromatic rings. The van der Waals surface area contributed by atoms with Crippen LogP contribution in [0.1, 0.15) is 43.1 Å².